The number of para-hydroxylation sites is 1. The minimum absolute atomic E-state index is 0.178. The Balaban J connectivity index is 0.00000120. The van der Waals surface area contributed by atoms with Crippen LogP contribution in [-0.2, 0) is 0 Å². The third kappa shape index (κ3) is 20.8. The molecule has 0 aliphatic rings. The van der Waals surface area contributed by atoms with Crippen LogP contribution in [0.5, 0.6) is 5.75 Å². The van der Waals surface area contributed by atoms with E-state index in [9.17, 15) is 25.2 Å². The van der Waals surface area contributed by atoms with Crippen molar-refractivity contribution in [1.29, 1.82) is 0 Å². The molecule has 0 heterocycles. The van der Waals surface area contributed by atoms with Crippen LogP contribution in [0.2, 0.25) is 0 Å². The number of benzene rings is 1. The van der Waals surface area contributed by atoms with Crippen LogP contribution in [0.1, 0.15) is 126 Å². The first-order chi connectivity index (χ1) is 19.0. The Morgan fingerprint density at radius 1 is 0.615 bits per heavy atom. The molecular weight excluding hydrogens is 494 g/mol. The number of nitrogens with zero attached hydrogens (tertiary/aromatic N) is 1. The van der Waals surface area contributed by atoms with E-state index in [0.29, 0.717) is 0 Å². The van der Waals surface area contributed by atoms with Gasteiger partial charge in [0.05, 0.1) is 31.7 Å². The Labute approximate surface area is 238 Å². The molecule has 0 spiro atoms. The molecule has 1 aromatic rings. The lowest BCUT2D eigenvalue weighted by atomic mass is 10.0. The van der Waals surface area contributed by atoms with Crippen LogP contribution in [0.4, 0.5) is 0 Å². The summed E-state index contributed by atoms with van der Waals surface area (Å²) in [6, 6.07) is 5.54. The van der Waals surface area contributed by atoms with E-state index in [1.807, 2.05) is 0 Å². The molecule has 0 aromatic heterocycles. The molecule has 0 amide bonds. The van der Waals surface area contributed by atoms with E-state index in [1.165, 1.54) is 114 Å². The van der Waals surface area contributed by atoms with Crippen LogP contribution in [0.3, 0.4) is 0 Å². The minimum Gasteiger partial charge on any atom is -0.872 e. The van der Waals surface area contributed by atoms with Gasteiger partial charge in [-0.15, -0.1) is 0 Å². The lowest BCUT2D eigenvalue weighted by Gasteiger charge is -2.39. The van der Waals surface area contributed by atoms with Crippen molar-refractivity contribution in [2.75, 3.05) is 46.0 Å². The molecule has 4 N–H and O–H groups in total. The van der Waals surface area contributed by atoms with E-state index < -0.39 is 11.7 Å². The highest BCUT2D eigenvalue weighted by atomic mass is 16.4. The third-order valence-corrected chi connectivity index (χ3v) is 7.48. The van der Waals surface area contributed by atoms with Gasteiger partial charge in [0.15, 0.2) is 0 Å². The molecule has 0 radical (unpaired) electrons. The van der Waals surface area contributed by atoms with E-state index in [0.717, 1.165) is 49.9 Å². The summed E-state index contributed by atoms with van der Waals surface area (Å²) in [5.74, 6) is -1.62. The lowest BCUT2D eigenvalue weighted by Crippen LogP contribution is -2.51. The second kappa shape index (κ2) is 26.5. The maximum Gasteiger partial charge on any atom is 0.335 e. The molecule has 39 heavy (non-hydrogen) atoms. The van der Waals surface area contributed by atoms with Crippen molar-refractivity contribution < 1.29 is 34.8 Å². The molecule has 1 rings (SSSR count). The van der Waals surface area contributed by atoms with Gasteiger partial charge in [-0.2, -0.15) is 0 Å². The predicted molar refractivity (Wildman–Crippen MR) is 158 cm³/mol. The van der Waals surface area contributed by atoms with Crippen molar-refractivity contribution in [3.8, 4) is 5.75 Å². The molecule has 0 unspecified atom stereocenters. The molecule has 0 aliphatic carbocycles. The number of aliphatic hydroxyl groups is 3. The molecule has 228 valence electrons. The number of unbranched alkanes of at least 4 members (excludes halogenated alkanes) is 13. The van der Waals surface area contributed by atoms with Gasteiger partial charge in [0.2, 0.25) is 0 Å². The Morgan fingerprint density at radius 3 is 1.31 bits per heavy atom. The molecular formula is C32H59NO6. The second-order valence-electron chi connectivity index (χ2n) is 10.9. The highest BCUT2D eigenvalue weighted by Crippen LogP contribution is 2.17. The third-order valence-electron chi connectivity index (χ3n) is 7.48. The summed E-state index contributed by atoms with van der Waals surface area (Å²) >= 11 is 0. The molecule has 0 atom stereocenters. The van der Waals surface area contributed by atoms with Crippen molar-refractivity contribution in [2.45, 2.75) is 116 Å². The van der Waals surface area contributed by atoms with E-state index in [2.05, 4.69) is 6.92 Å². The van der Waals surface area contributed by atoms with Crippen LogP contribution in [0.25, 0.3) is 0 Å². The van der Waals surface area contributed by atoms with Crippen molar-refractivity contribution in [3.05, 3.63) is 29.8 Å². The summed E-state index contributed by atoms with van der Waals surface area (Å²) in [5, 5.41) is 46.8. The van der Waals surface area contributed by atoms with Gasteiger partial charge in [-0.3, -0.25) is 0 Å². The van der Waals surface area contributed by atoms with Crippen molar-refractivity contribution in [2.24, 2.45) is 0 Å². The van der Waals surface area contributed by atoms with Crippen LogP contribution in [-0.4, -0.2) is 76.9 Å². The van der Waals surface area contributed by atoms with Gasteiger partial charge in [0, 0.05) is 39.1 Å². The van der Waals surface area contributed by atoms with Gasteiger partial charge < -0.3 is 30.0 Å². The van der Waals surface area contributed by atoms with Gasteiger partial charge in [0.25, 0.3) is 0 Å². The summed E-state index contributed by atoms with van der Waals surface area (Å²) in [6.45, 7) is 7.00. The van der Waals surface area contributed by atoms with Crippen LogP contribution < -0.4 is 5.11 Å². The maximum absolute atomic E-state index is 10.7. The highest BCUT2D eigenvalue weighted by molar-refractivity contribution is 5.90. The SMILES string of the molecule is CCCCCCCCCCCCCCCC[N+](CCCO)(CCCO)CCCO.O=C(O)c1ccccc1[O-]. The Bertz CT molecular complexity index is 663. The first-order valence-corrected chi connectivity index (χ1v) is 15.6. The molecule has 7 heteroatoms. The standard InChI is InChI=1S/C25H54NO3.C7H6O3/c1-2-3-4-5-6-7-8-9-10-11-12-13-14-15-19-26(20-16-23-27,21-17-24-28)22-18-25-29;8-6-4-2-1-3-5(6)7(9)10/h27-29H,2-25H2,1H3;1-4,8H,(H,9,10)/q+1;/p-1. The fourth-order valence-corrected chi connectivity index (χ4v) is 5.17. The summed E-state index contributed by atoms with van der Waals surface area (Å²) in [5.41, 5.74) is -0.178. The zero-order valence-electron chi connectivity index (χ0n) is 24.8. The average molecular weight is 554 g/mol. The minimum atomic E-state index is -1.18. The molecule has 0 saturated heterocycles. The zero-order valence-corrected chi connectivity index (χ0v) is 24.8. The monoisotopic (exact) mass is 553 g/mol. The van der Waals surface area contributed by atoms with E-state index in [4.69, 9.17) is 5.11 Å². The predicted octanol–water partition coefficient (Wildman–Crippen LogP) is 5.89. The lowest BCUT2D eigenvalue weighted by molar-refractivity contribution is -0.929. The Morgan fingerprint density at radius 2 is 0.974 bits per heavy atom. The number of hydrogen-bond donors (Lipinski definition) is 4. The quantitative estimate of drug-likeness (QED) is 0.0885. The summed E-state index contributed by atoms with van der Waals surface area (Å²) in [6.07, 6.45) is 21.7. The highest BCUT2D eigenvalue weighted by Gasteiger charge is 2.25. The number of rotatable bonds is 25. The van der Waals surface area contributed by atoms with Crippen molar-refractivity contribution in [1.82, 2.24) is 0 Å². The fourth-order valence-electron chi connectivity index (χ4n) is 5.17. The number of carboxylic acid groups (broad SMARTS) is 1. The molecule has 0 bridgehead atoms. The van der Waals surface area contributed by atoms with Gasteiger partial charge in [-0.05, 0) is 18.9 Å². The zero-order chi connectivity index (χ0) is 29.0. The fraction of sp³-hybridized carbons (Fsp3) is 0.781. The number of aliphatic hydroxyl groups excluding tert-OH is 3. The first-order valence-electron chi connectivity index (χ1n) is 15.6. The van der Waals surface area contributed by atoms with Gasteiger partial charge >= 0.3 is 5.97 Å². The van der Waals surface area contributed by atoms with Crippen LogP contribution >= 0.6 is 0 Å². The number of aromatic carboxylic acids is 1. The number of carbonyl (C=O) groups is 1. The molecule has 0 saturated carbocycles. The van der Waals surface area contributed by atoms with E-state index in [1.54, 1.807) is 0 Å². The normalized spacial score (nSPS) is 11.3. The number of carboxylic acids is 1. The second-order valence-corrected chi connectivity index (χ2v) is 10.9. The average Bonchev–Trinajstić information content (AvgIpc) is 2.94. The first kappa shape index (κ1) is 37.3. The number of hydrogen-bond acceptors (Lipinski definition) is 5. The Kier molecular flexibility index (Phi) is 25.4. The van der Waals surface area contributed by atoms with Gasteiger partial charge in [-0.25, -0.2) is 4.79 Å². The Hall–Kier alpha value is -1.67. The van der Waals surface area contributed by atoms with Gasteiger partial charge in [-0.1, -0.05) is 108 Å². The topological polar surface area (TPSA) is 121 Å². The van der Waals surface area contributed by atoms with Crippen LogP contribution in [0, 0.1) is 0 Å². The van der Waals surface area contributed by atoms with E-state index >= 15 is 0 Å². The maximum atomic E-state index is 10.7. The van der Waals surface area contributed by atoms with Crippen molar-refractivity contribution in [3.63, 3.8) is 0 Å². The molecule has 0 aliphatic heterocycles. The number of quaternary nitrogens is 1. The smallest absolute Gasteiger partial charge is 0.335 e. The molecule has 7 nitrogen and oxygen atoms in total. The summed E-state index contributed by atoms with van der Waals surface area (Å²) in [7, 11) is 0. The largest absolute Gasteiger partial charge is 0.872 e. The van der Waals surface area contributed by atoms with Crippen LogP contribution in [0.15, 0.2) is 24.3 Å². The summed E-state index contributed by atoms with van der Waals surface area (Å²) in [4.78, 5) is 10.2. The van der Waals surface area contributed by atoms with Gasteiger partial charge in [0.1, 0.15) is 0 Å². The van der Waals surface area contributed by atoms with Crippen molar-refractivity contribution >= 4 is 5.97 Å². The summed E-state index contributed by atoms with van der Waals surface area (Å²) < 4.78 is 0.958. The molecule has 0 fully saturated rings. The van der Waals surface area contributed by atoms with E-state index in [-0.39, 0.29) is 25.4 Å². The molecule has 1 aromatic carbocycles.